The first-order valence-corrected chi connectivity index (χ1v) is 8.19. The zero-order valence-electron chi connectivity index (χ0n) is 13.1. The molecule has 0 N–H and O–H groups in total. The van der Waals surface area contributed by atoms with Gasteiger partial charge in [-0.3, -0.25) is 4.57 Å². The summed E-state index contributed by atoms with van der Waals surface area (Å²) in [5.41, 5.74) is 2.66. The van der Waals surface area contributed by atoms with Gasteiger partial charge in [0.1, 0.15) is 0 Å². The molecule has 1 aromatic carbocycles. The van der Waals surface area contributed by atoms with Gasteiger partial charge in [0.2, 0.25) is 0 Å². The number of hydrogen-bond acceptors (Lipinski definition) is 6. The van der Waals surface area contributed by atoms with Gasteiger partial charge in [0.05, 0.1) is 23.8 Å². The van der Waals surface area contributed by atoms with E-state index in [0.717, 1.165) is 35.6 Å². The van der Waals surface area contributed by atoms with Crippen LogP contribution in [-0.2, 0) is 0 Å². The van der Waals surface area contributed by atoms with E-state index >= 15 is 0 Å². The van der Waals surface area contributed by atoms with E-state index in [0.29, 0.717) is 18.4 Å². The number of imidazole rings is 1. The van der Waals surface area contributed by atoms with Crippen LogP contribution >= 0.6 is 0 Å². The predicted octanol–water partition coefficient (Wildman–Crippen LogP) is 1.57. The molecule has 25 heavy (non-hydrogen) atoms. The topological polar surface area (TPSA) is 67.4 Å². The van der Waals surface area contributed by atoms with Gasteiger partial charge in [-0.2, -0.15) is 14.5 Å². The fourth-order valence-electron chi connectivity index (χ4n) is 3.56. The second-order valence-corrected chi connectivity index (χ2v) is 6.37. The Hall–Kier alpha value is -3.23. The van der Waals surface area contributed by atoms with Crippen molar-refractivity contribution >= 4 is 11.7 Å². The quantitative estimate of drug-likeness (QED) is 0.711. The fraction of sp³-hybridized carbons (Fsp3) is 0.250. The zero-order valence-corrected chi connectivity index (χ0v) is 13.1. The number of anilines is 1. The smallest absolute Gasteiger partial charge is 0.252 e. The van der Waals surface area contributed by atoms with Gasteiger partial charge in [0.25, 0.3) is 6.08 Å². The van der Waals surface area contributed by atoms with Crippen LogP contribution in [0.15, 0.2) is 41.7 Å². The molecule has 9 heteroatoms. The lowest BCUT2D eigenvalue weighted by molar-refractivity contribution is 0.506. The SMILES string of the molecule is Fc1ncc2n1-c1ccccc1C1=NCN(n3nncc3C3CC3)N12. The Balaban J connectivity index is 1.55. The summed E-state index contributed by atoms with van der Waals surface area (Å²) < 4.78 is 15.9. The van der Waals surface area contributed by atoms with Crippen LogP contribution in [0.25, 0.3) is 5.69 Å². The maximum atomic E-state index is 14.4. The van der Waals surface area contributed by atoms with Crippen molar-refractivity contribution < 1.29 is 4.39 Å². The molecular weight excluding hydrogens is 323 g/mol. The van der Waals surface area contributed by atoms with E-state index in [1.54, 1.807) is 11.0 Å². The van der Waals surface area contributed by atoms with E-state index < -0.39 is 6.08 Å². The fourth-order valence-corrected chi connectivity index (χ4v) is 3.56. The van der Waals surface area contributed by atoms with Crippen LogP contribution in [0.2, 0.25) is 0 Å². The van der Waals surface area contributed by atoms with Gasteiger partial charge in [-0.05, 0) is 30.2 Å². The molecule has 3 aliphatic rings. The van der Waals surface area contributed by atoms with E-state index in [-0.39, 0.29) is 0 Å². The zero-order chi connectivity index (χ0) is 16.5. The largest absolute Gasteiger partial charge is 0.295 e. The minimum atomic E-state index is -0.547. The molecule has 2 aromatic heterocycles. The average molecular weight is 336 g/mol. The van der Waals surface area contributed by atoms with Crippen LogP contribution < -0.4 is 10.1 Å². The number of aliphatic imine (C=N–C) groups is 1. The van der Waals surface area contributed by atoms with Gasteiger partial charge in [-0.25, -0.2) is 9.98 Å². The van der Waals surface area contributed by atoms with Crippen molar-refractivity contribution in [1.82, 2.24) is 24.7 Å². The summed E-state index contributed by atoms with van der Waals surface area (Å²) in [5.74, 6) is 1.85. The van der Waals surface area contributed by atoms with E-state index in [1.807, 2.05) is 34.4 Å². The molecule has 4 heterocycles. The van der Waals surface area contributed by atoms with Crippen molar-refractivity contribution in [3.8, 4) is 5.69 Å². The highest BCUT2D eigenvalue weighted by molar-refractivity contribution is 6.15. The summed E-state index contributed by atoms with van der Waals surface area (Å²) in [6.07, 6.45) is 5.06. The van der Waals surface area contributed by atoms with Crippen molar-refractivity contribution in [2.75, 3.05) is 16.8 Å². The number of hydrazine groups is 1. The summed E-state index contributed by atoms with van der Waals surface area (Å²) in [7, 11) is 0. The number of fused-ring (bicyclic) bond motifs is 6. The Morgan fingerprint density at radius 3 is 2.88 bits per heavy atom. The molecule has 1 aliphatic carbocycles. The van der Waals surface area contributed by atoms with Crippen LogP contribution in [-0.4, -0.2) is 37.2 Å². The van der Waals surface area contributed by atoms with Gasteiger partial charge >= 0.3 is 0 Å². The predicted molar refractivity (Wildman–Crippen MR) is 87.6 cm³/mol. The average Bonchev–Trinajstić information content (AvgIpc) is 3.05. The minimum absolute atomic E-state index is 0.388. The van der Waals surface area contributed by atoms with Crippen LogP contribution in [0.4, 0.5) is 10.2 Å². The van der Waals surface area contributed by atoms with Crippen LogP contribution in [0.5, 0.6) is 0 Å². The van der Waals surface area contributed by atoms with Crippen molar-refractivity contribution in [3.63, 3.8) is 0 Å². The molecule has 0 atom stereocenters. The third kappa shape index (κ3) is 1.64. The van der Waals surface area contributed by atoms with Crippen LogP contribution in [0, 0.1) is 6.08 Å². The molecule has 2 aliphatic heterocycles. The van der Waals surface area contributed by atoms with E-state index in [1.165, 1.54) is 10.8 Å². The van der Waals surface area contributed by atoms with E-state index in [9.17, 15) is 4.39 Å². The molecule has 0 amide bonds. The molecule has 0 spiro atoms. The third-order valence-electron chi connectivity index (χ3n) is 4.85. The molecule has 0 bridgehead atoms. The van der Waals surface area contributed by atoms with Crippen LogP contribution in [0.3, 0.4) is 0 Å². The number of aromatic nitrogens is 5. The number of halogens is 1. The summed E-state index contributed by atoms with van der Waals surface area (Å²) in [5, 5.41) is 12.0. The Labute approximate surface area is 141 Å². The molecule has 1 fully saturated rings. The molecule has 8 nitrogen and oxygen atoms in total. The maximum absolute atomic E-state index is 14.4. The monoisotopic (exact) mass is 336 g/mol. The molecule has 0 saturated heterocycles. The lowest BCUT2D eigenvalue weighted by Crippen LogP contribution is -2.52. The number of para-hydroxylation sites is 1. The normalized spacial score (nSPS) is 18.0. The van der Waals surface area contributed by atoms with Crippen LogP contribution in [0.1, 0.15) is 30.0 Å². The molecule has 6 rings (SSSR count). The molecular formula is C16H13FN8. The lowest BCUT2D eigenvalue weighted by Gasteiger charge is -2.35. The summed E-state index contributed by atoms with van der Waals surface area (Å²) >= 11 is 0. The first-order chi connectivity index (χ1) is 12.3. The summed E-state index contributed by atoms with van der Waals surface area (Å²) in [4.78, 5) is 10.3. The highest BCUT2D eigenvalue weighted by atomic mass is 19.1. The van der Waals surface area contributed by atoms with Gasteiger partial charge < -0.3 is 0 Å². The first kappa shape index (κ1) is 13.1. The number of rotatable bonds is 2. The summed E-state index contributed by atoms with van der Waals surface area (Å²) in [6.45, 7) is 0.388. The third-order valence-corrected chi connectivity index (χ3v) is 4.85. The molecule has 0 unspecified atom stereocenters. The highest BCUT2D eigenvalue weighted by Gasteiger charge is 2.40. The van der Waals surface area contributed by atoms with Gasteiger partial charge in [-0.15, -0.1) is 9.89 Å². The van der Waals surface area contributed by atoms with E-state index in [4.69, 9.17) is 0 Å². The molecule has 3 aromatic rings. The Morgan fingerprint density at radius 2 is 2.00 bits per heavy atom. The highest BCUT2D eigenvalue weighted by Crippen LogP contribution is 2.40. The summed E-state index contributed by atoms with van der Waals surface area (Å²) in [6, 6.07) is 7.62. The maximum Gasteiger partial charge on any atom is 0.295 e. The second-order valence-electron chi connectivity index (χ2n) is 6.37. The van der Waals surface area contributed by atoms with Gasteiger partial charge in [0.15, 0.2) is 18.3 Å². The van der Waals surface area contributed by atoms with Gasteiger partial charge in [0, 0.05) is 11.5 Å². The molecule has 124 valence electrons. The number of hydrogen-bond donors (Lipinski definition) is 0. The first-order valence-electron chi connectivity index (χ1n) is 8.19. The van der Waals surface area contributed by atoms with Crippen molar-refractivity contribution in [2.45, 2.75) is 18.8 Å². The minimum Gasteiger partial charge on any atom is -0.252 e. The number of nitrogens with zero attached hydrogens (tertiary/aromatic N) is 8. The number of benzene rings is 1. The van der Waals surface area contributed by atoms with E-state index in [2.05, 4.69) is 20.3 Å². The van der Waals surface area contributed by atoms with Crippen molar-refractivity contribution in [3.05, 3.63) is 54.0 Å². The Bertz CT molecular complexity index is 1030. The molecule has 1 saturated carbocycles. The van der Waals surface area contributed by atoms with Crippen molar-refractivity contribution in [1.29, 1.82) is 0 Å². The van der Waals surface area contributed by atoms with Gasteiger partial charge in [-0.1, -0.05) is 12.1 Å². The Morgan fingerprint density at radius 1 is 1.12 bits per heavy atom. The second kappa shape index (κ2) is 4.44. The lowest BCUT2D eigenvalue weighted by atomic mass is 10.1. The van der Waals surface area contributed by atoms with Crippen molar-refractivity contribution in [2.24, 2.45) is 4.99 Å². The molecule has 0 radical (unpaired) electrons. The Kier molecular flexibility index (Phi) is 2.33. The number of amidine groups is 1. The standard InChI is InChI=1S/C16H13FN8/c17-16-18-8-14-23(16)12-4-2-1-3-11(12)15-19-9-22(24(14)15)25-13(7-20-21-25)10-5-6-10/h1-4,7-8,10H,5-6,9H2.